The number of nitrogens with two attached hydrogens (primary N) is 1. The molecule has 0 aliphatic carbocycles. The Kier molecular flexibility index (Phi) is 16.0. The van der Waals surface area contributed by atoms with Gasteiger partial charge in [0.05, 0.1) is 0 Å². The molecule has 0 amide bonds. The summed E-state index contributed by atoms with van der Waals surface area (Å²) in [5.74, 6) is 0. The first kappa shape index (κ1) is 13.7. The molecule has 0 fully saturated rings. The van der Waals surface area contributed by atoms with Crippen LogP contribution in [0.1, 0.15) is 33.1 Å². The molecule has 3 N–H and O–H groups in total. The van der Waals surface area contributed by atoms with E-state index >= 15 is 0 Å². The van der Waals surface area contributed by atoms with Crippen LogP contribution in [0, 0.1) is 0 Å². The van der Waals surface area contributed by atoms with E-state index in [1.165, 1.54) is 12.8 Å². The average Bonchev–Trinajstić information content (AvgIpc) is 2.01. The van der Waals surface area contributed by atoms with E-state index in [4.69, 9.17) is 10.6 Å². The van der Waals surface area contributed by atoms with Crippen LogP contribution in [0.5, 0.6) is 0 Å². The molecule has 0 spiro atoms. The predicted octanol–water partition coefficient (Wildman–Crippen LogP) is 1.61. The summed E-state index contributed by atoms with van der Waals surface area (Å²) in [4.78, 5) is 8.17. The highest BCUT2D eigenvalue weighted by atomic mass is 31.1. The Labute approximate surface area is 69.9 Å². The van der Waals surface area contributed by atoms with Gasteiger partial charge in [-0.3, -0.25) is 4.57 Å². The first-order valence-electron chi connectivity index (χ1n) is 4.10. The molecule has 0 radical (unpaired) electrons. The van der Waals surface area contributed by atoms with E-state index in [0.29, 0.717) is 19.1 Å². The van der Waals surface area contributed by atoms with Crippen LogP contribution in [0.25, 0.3) is 0 Å². The van der Waals surface area contributed by atoms with E-state index in [0.717, 1.165) is 0 Å². The molecule has 0 saturated heterocycles. The number of unbranched alkanes of at least 4 members (excludes halogenated alkanes) is 1. The normalized spacial score (nSPS) is 11.6. The summed E-state index contributed by atoms with van der Waals surface area (Å²) in [5.41, 5.74) is 5.04. The number of rotatable bonds is 4. The molecular formula is C7H20NO2P. The Morgan fingerprint density at radius 1 is 1.36 bits per heavy atom. The molecule has 0 aliphatic heterocycles. The van der Waals surface area contributed by atoms with Crippen molar-refractivity contribution in [3.05, 3.63) is 0 Å². The first-order chi connectivity index (χ1) is 5.18. The van der Waals surface area contributed by atoms with Crippen molar-refractivity contribution in [2.45, 2.75) is 33.1 Å². The fourth-order valence-electron chi connectivity index (χ4n) is 0.253. The van der Waals surface area contributed by atoms with Crippen molar-refractivity contribution >= 4 is 8.03 Å². The first-order valence-corrected chi connectivity index (χ1v) is 5.67. The highest BCUT2D eigenvalue weighted by Crippen LogP contribution is 2.12. The molecule has 0 aromatic carbocycles. The molecular weight excluding hydrogens is 161 g/mol. The van der Waals surface area contributed by atoms with Crippen molar-refractivity contribution in [3.63, 3.8) is 0 Å². The summed E-state index contributed by atoms with van der Waals surface area (Å²) in [6.07, 6.45) is 3.68. The van der Waals surface area contributed by atoms with E-state index in [9.17, 15) is 4.57 Å². The van der Waals surface area contributed by atoms with Crippen LogP contribution in [0.4, 0.5) is 0 Å². The molecule has 0 aromatic rings. The van der Waals surface area contributed by atoms with Gasteiger partial charge in [-0.2, -0.15) is 0 Å². The molecule has 0 rings (SSSR count). The van der Waals surface area contributed by atoms with Crippen LogP contribution < -0.4 is 5.73 Å². The highest BCUT2D eigenvalue weighted by molar-refractivity contribution is 7.37. The summed E-state index contributed by atoms with van der Waals surface area (Å²) >= 11 is 0. The van der Waals surface area contributed by atoms with Gasteiger partial charge in [-0.1, -0.05) is 26.7 Å². The molecule has 1 atom stereocenters. The fraction of sp³-hybridized carbons (Fsp3) is 1.00. The Morgan fingerprint density at radius 3 is 1.91 bits per heavy atom. The smallest absolute Gasteiger partial charge is 0.189 e. The minimum Gasteiger partial charge on any atom is -0.346 e. The summed E-state index contributed by atoms with van der Waals surface area (Å²) < 4.78 is 9.89. The number of hydrogen-bond acceptors (Lipinski definition) is 2. The van der Waals surface area contributed by atoms with Crippen LogP contribution in [0.15, 0.2) is 0 Å². The Balaban J connectivity index is 0. The van der Waals surface area contributed by atoms with Gasteiger partial charge in [0.15, 0.2) is 8.03 Å². The standard InChI is InChI=1S/C4H10.C3H10NO2P/c1-3-4-2;4-2-1-3-7(5)6/h3-4H2,1-2H3;7H,1-4H2,(H,5,6). The Morgan fingerprint density at radius 2 is 1.82 bits per heavy atom. The highest BCUT2D eigenvalue weighted by Gasteiger charge is 1.87. The fourth-order valence-corrected chi connectivity index (χ4v) is 0.760. The van der Waals surface area contributed by atoms with E-state index in [-0.39, 0.29) is 0 Å². The second kappa shape index (κ2) is 12.8. The van der Waals surface area contributed by atoms with Gasteiger partial charge in [0, 0.05) is 6.16 Å². The van der Waals surface area contributed by atoms with Crippen LogP contribution in [-0.4, -0.2) is 17.6 Å². The predicted molar refractivity (Wildman–Crippen MR) is 50.3 cm³/mol. The molecule has 0 aliphatic rings. The summed E-state index contributed by atoms with van der Waals surface area (Å²) in [6, 6.07) is 0. The van der Waals surface area contributed by atoms with Gasteiger partial charge >= 0.3 is 0 Å². The summed E-state index contributed by atoms with van der Waals surface area (Å²) in [7, 11) is -2.23. The van der Waals surface area contributed by atoms with Crippen molar-refractivity contribution in [1.82, 2.24) is 0 Å². The monoisotopic (exact) mass is 181 g/mol. The van der Waals surface area contributed by atoms with Crippen molar-refractivity contribution in [3.8, 4) is 0 Å². The zero-order chi connectivity index (χ0) is 9.11. The van der Waals surface area contributed by atoms with Crippen LogP contribution in [-0.2, 0) is 4.57 Å². The zero-order valence-electron chi connectivity index (χ0n) is 7.47. The summed E-state index contributed by atoms with van der Waals surface area (Å²) in [5, 5.41) is 0. The molecule has 0 saturated carbocycles. The van der Waals surface area contributed by atoms with Crippen molar-refractivity contribution < 1.29 is 9.46 Å². The molecule has 70 valence electrons. The molecule has 0 aromatic heterocycles. The van der Waals surface area contributed by atoms with E-state index in [1.54, 1.807) is 0 Å². The molecule has 0 bridgehead atoms. The lowest BCUT2D eigenvalue weighted by Crippen LogP contribution is -1.98. The van der Waals surface area contributed by atoms with E-state index in [1.807, 2.05) is 0 Å². The molecule has 11 heavy (non-hydrogen) atoms. The van der Waals surface area contributed by atoms with E-state index < -0.39 is 8.03 Å². The summed E-state index contributed by atoms with van der Waals surface area (Å²) in [6.45, 7) is 4.87. The third kappa shape index (κ3) is 25.4. The average molecular weight is 181 g/mol. The maximum atomic E-state index is 9.89. The van der Waals surface area contributed by atoms with Gasteiger partial charge in [-0.15, -0.1) is 0 Å². The van der Waals surface area contributed by atoms with Gasteiger partial charge in [-0.25, -0.2) is 0 Å². The Bertz CT molecular complexity index is 86.5. The Hall–Kier alpha value is 0.150. The van der Waals surface area contributed by atoms with Gasteiger partial charge in [-0.05, 0) is 13.0 Å². The molecule has 0 heterocycles. The maximum Gasteiger partial charge on any atom is 0.189 e. The second-order valence-corrected chi connectivity index (χ2v) is 3.57. The maximum absolute atomic E-state index is 9.89. The van der Waals surface area contributed by atoms with Crippen LogP contribution in [0.3, 0.4) is 0 Å². The zero-order valence-corrected chi connectivity index (χ0v) is 8.47. The van der Waals surface area contributed by atoms with Crippen LogP contribution >= 0.6 is 8.03 Å². The van der Waals surface area contributed by atoms with Gasteiger partial charge in [0.2, 0.25) is 0 Å². The second-order valence-electron chi connectivity index (χ2n) is 2.29. The minimum absolute atomic E-state index is 0.376. The van der Waals surface area contributed by atoms with Gasteiger partial charge in [0.25, 0.3) is 0 Å². The van der Waals surface area contributed by atoms with Crippen LogP contribution in [0.2, 0.25) is 0 Å². The van der Waals surface area contributed by atoms with Crippen molar-refractivity contribution in [1.29, 1.82) is 0 Å². The lowest BCUT2D eigenvalue weighted by molar-refractivity contribution is 0.501. The molecule has 1 unspecified atom stereocenters. The van der Waals surface area contributed by atoms with Gasteiger partial charge in [0.1, 0.15) is 0 Å². The molecule has 3 nitrogen and oxygen atoms in total. The topological polar surface area (TPSA) is 63.3 Å². The quantitative estimate of drug-likeness (QED) is 0.647. The third-order valence-electron chi connectivity index (χ3n) is 1.09. The lowest BCUT2D eigenvalue weighted by atomic mass is 10.4. The molecule has 4 heteroatoms. The van der Waals surface area contributed by atoms with Gasteiger partial charge < -0.3 is 10.6 Å². The van der Waals surface area contributed by atoms with Crippen molar-refractivity contribution in [2.24, 2.45) is 5.73 Å². The van der Waals surface area contributed by atoms with Crippen molar-refractivity contribution in [2.75, 3.05) is 12.7 Å². The van der Waals surface area contributed by atoms with E-state index in [2.05, 4.69) is 13.8 Å². The number of hydrogen-bond donors (Lipinski definition) is 2. The minimum atomic E-state index is -2.23. The largest absolute Gasteiger partial charge is 0.346 e. The SMILES string of the molecule is CCCC.NCCC[PH](=O)O. The third-order valence-corrected chi connectivity index (χ3v) is 1.88. The lowest BCUT2D eigenvalue weighted by Gasteiger charge is -1.87.